The molecule has 8 bridgehead atoms. The van der Waals surface area contributed by atoms with E-state index in [1.165, 1.54) is 0 Å². The molecule has 116 heavy (non-hydrogen) atoms. The molecule has 0 amide bonds. The van der Waals surface area contributed by atoms with Gasteiger partial charge in [0.15, 0.2) is 23.0 Å². The lowest BCUT2D eigenvalue weighted by molar-refractivity contribution is 0.00458. The van der Waals surface area contributed by atoms with Gasteiger partial charge in [0, 0.05) is 0 Å². The highest BCUT2D eigenvalue weighted by molar-refractivity contribution is 5.93. The SMILES string of the molecule is O=C(OCc1ccc2c(c1)OCCOCCOCCOc1cc(COC(=O)c3cc4ccc3OCCOCCOCCOCCOc3ccc(cc3)OCCOCCOCCOCCO4)ccc1OCCOCCOCCO2)c1cc2ccc1OCCOCCOCCOCCOc1ccc(cc1)OCCOCCOCCOCCO2. The van der Waals surface area contributed by atoms with E-state index in [1.54, 1.807) is 72.8 Å². The van der Waals surface area contributed by atoms with Gasteiger partial charge in [0.1, 0.15) is 150 Å². The Morgan fingerprint density at radius 1 is 0.181 bits per heavy atom. The lowest BCUT2D eigenvalue weighted by Gasteiger charge is -2.16. The van der Waals surface area contributed by atoms with Crippen molar-refractivity contribution < 1.29 is 152 Å². The van der Waals surface area contributed by atoms with Crippen LogP contribution in [0.25, 0.3) is 0 Å². The average Bonchev–Trinajstić information content (AvgIpc) is 0.829. The number of hydrogen-bond acceptors (Lipinski definition) is 32. The van der Waals surface area contributed by atoms with Crippen molar-refractivity contribution in [2.45, 2.75) is 13.2 Å². The zero-order chi connectivity index (χ0) is 80.3. The fourth-order valence-corrected chi connectivity index (χ4v) is 10.6. The number of hydrogen-bond donors (Lipinski definition) is 0. The normalized spacial score (nSPS) is 18.6. The number of rotatable bonds is 6. The molecule has 6 aromatic carbocycles. The molecule has 32 heteroatoms. The van der Waals surface area contributed by atoms with E-state index in [9.17, 15) is 9.59 Å². The lowest BCUT2D eigenvalue weighted by Crippen LogP contribution is -2.16. The molecule has 0 atom stereocenters. The summed E-state index contributed by atoms with van der Waals surface area (Å²) < 4.78 is 176. The Morgan fingerprint density at radius 2 is 0.353 bits per heavy atom. The van der Waals surface area contributed by atoms with Gasteiger partial charge in [-0.2, -0.15) is 0 Å². The third-order valence-corrected chi connectivity index (χ3v) is 16.4. The molecule has 0 radical (unpaired) electrons. The fourth-order valence-electron chi connectivity index (χ4n) is 10.6. The Bertz CT molecular complexity index is 3340. The largest absolute Gasteiger partial charge is 0.491 e. The molecule has 0 saturated carbocycles. The maximum absolute atomic E-state index is 14.0. The standard InChI is InChI=1S/C84H112O32/c85-83(75-63-73-11-15-77(75)109-55-43-97-31-23-89-19-27-93-39-51-105-71-7-3-69(4-8-71)103-49-37-91-25-17-87-21-29-95-41-53-107-73)115-65-67-1-13-79-81(61-67)113-59-47-101-35-36-102-48-60-114-82-62-68(2-14-80(82)112-58-46-100-34-33-99-45-57-111-79)66-116-84(86)76-64-74-12-16-78(76)110-56-44-98-32-24-90-20-28-94-40-52-106-72-9-5-70(6-10-72)104-50-38-92-26-18-88-22-30-96-42-54-108-74/h1-16,61-64H,17-60,65-66H2. The van der Waals surface area contributed by atoms with E-state index in [2.05, 4.69) is 0 Å². The van der Waals surface area contributed by atoms with Crippen molar-refractivity contribution in [2.75, 3.05) is 291 Å². The van der Waals surface area contributed by atoms with Gasteiger partial charge in [-0.1, -0.05) is 12.1 Å². The molecule has 32 nitrogen and oxygen atoms in total. The minimum Gasteiger partial charge on any atom is -0.491 e. The minimum absolute atomic E-state index is 0.127. The van der Waals surface area contributed by atoms with Crippen molar-refractivity contribution >= 4 is 11.9 Å². The molecule has 0 aliphatic carbocycles. The molecule has 0 saturated heterocycles. The summed E-state index contributed by atoms with van der Waals surface area (Å²) in [6, 6.07) is 35.1. The van der Waals surface area contributed by atoms with E-state index in [0.29, 0.717) is 227 Å². The van der Waals surface area contributed by atoms with Gasteiger partial charge in [-0.3, -0.25) is 0 Å². The zero-order valence-corrected chi connectivity index (χ0v) is 66.1. The highest BCUT2D eigenvalue weighted by atomic mass is 16.6. The van der Waals surface area contributed by atoms with Crippen LogP contribution in [0.2, 0.25) is 0 Å². The summed E-state index contributed by atoms with van der Waals surface area (Å²) in [5.74, 6) is 4.58. The first kappa shape index (κ1) is 91.1. The molecule has 0 unspecified atom stereocenters. The van der Waals surface area contributed by atoms with Gasteiger partial charge in [-0.15, -0.1) is 0 Å². The topological polar surface area (TPSA) is 311 Å². The summed E-state index contributed by atoms with van der Waals surface area (Å²) in [6.07, 6.45) is 0. The first-order valence-corrected chi connectivity index (χ1v) is 39.3. The maximum atomic E-state index is 14.0. The highest BCUT2D eigenvalue weighted by Gasteiger charge is 2.21. The van der Waals surface area contributed by atoms with Crippen LogP contribution < -0.4 is 56.8 Å². The van der Waals surface area contributed by atoms with Gasteiger partial charge in [0.2, 0.25) is 0 Å². The van der Waals surface area contributed by atoms with Crippen LogP contribution >= 0.6 is 0 Å². The Labute approximate surface area is 677 Å². The Hall–Kier alpha value is -8.78. The van der Waals surface area contributed by atoms with E-state index < -0.39 is 11.9 Å². The first-order valence-electron chi connectivity index (χ1n) is 39.3. The van der Waals surface area contributed by atoms with Crippen molar-refractivity contribution in [1.82, 2.24) is 0 Å². The maximum Gasteiger partial charge on any atom is 0.342 e. The third kappa shape index (κ3) is 39.0. The van der Waals surface area contributed by atoms with E-state index in [1.807, 2.05) is 48.5 Å². The van der Waals surface area contributed by atoms with Crippen LogP contribution in [0, 0.1) is 0 Å². The molecule has 0 aromatic heterocycles. The van der Waals surface area contributed by atoms with Gasteiger partial charge in [-0.25, -0.2) is 9.59 Å². The Balaban J connectivity index is 0.717. The molecule has 9 aliphatic rings. The van der Waals surface area contributed by atoms with Gasteiger partial charge in [0.25, 0.3) is 0 Å². The van der Waals surface area contributed by atoms with Crippen LogP contribution in [0.15, 0.2) is 121 Å². The minimum atomic E-state index is -0.656. The third-order valence-electron chi connectivity index (χ3n) is 16.4. The summed E-state index contributed by atoms with van der Waals surface area (Å²) >= 11 is 0. The molecule has 9 aliphatic heterocycles. The van der Waals surface area contributed by atoms with E-state index in [4.69, 9.17) is 142 Å². The predicted octanol–water partition coefficient (Wildman–Crippen LogP) is 8.35. The number of ether oxygens (including phenoxy) is 30. The Morgan fingerprint density at radius 3 is 0.586 bits per heavy atom. The summed E-state index contributed by atoms with van der Waals surface area (Å²) in [6.45, 7) is 13.1. The molecule has 9 heterocycles. The van der Waals surface area contributed by atoms with E-state index in [-0.39, 0.29) is 168 Å². The summed E-state index contributed by atoms with van der Waals surface area (Å²) in [5.41, 5.74) is 1.52. The molecular weight excluding hydrogens is 1520 g/mol. The smallest absolute Gasteiger partial charge is 0.342 e. The molecule has 6 aromatic rings. The highest BCUT2D eigenvalue weighted by Crippen LogP contribution is 2.33. The van der Waals surface area contributed by atoms with Gasteiger partial charge in [-0.05, 0) is 120 Å². The van der Waals surface area contributed by atoms with Crippen LogP contribution in [0.4, 0.5) is 0 Å². The summed E-state index contributed by atoms with van der Waals surface area (Å²) in [4.78, 5) is 28.0. The van der Waals surface area contributed by atoms with Crippen LogP contribution in [-0.4, -0.2) is 303 Å². The predicted molar refractivity (Wildman–Crippen MR) is 416 cm³/mol. The van der Waals surface area contributed by atoms with Crippen molar-refractivity contribution in [3.05, 3.63) is 144 Å². The zero-order valence-electron chi connectivity index (χ0n) is 66.1. The monoisotopic (exact) mass is 1630 g/mol. The molecule has 0 spiro atoms. The number of fused-ring (bicyclic) bond motifs is 2. The Kier molecular flexibility index (Phi) is 46.3. The summed E-state index contributed by atoms with van der Waals surface area (Å²) in [5, 5.41) is 0. The second-order valence-corrected chi connectivity index (χ2v) is 25.0. The molecule has 640 valence electrons. The second-order valence-electron chi connectivity index (χ2n) is 25.0. The van der Waals surface area contributed by atoms with Crippen molar-refractivity contribution in [2.24, 2.45) is 0 Å². The van der Waals surface area contributed by atoms with E-state index >= 15 is 0 Å². The second kappa shape index (κ2) is 59.0. The van der Waals surface area contributed by atoms with Gasteiger partial charge < -0.3 is 142 Å². The van der Waals surface area contributed by atoms with Crippen LogP contribution in [0.1, 0.15) is 31.8 Å². The molecule has 0 N–H and O–H groups in total. The van der Waals surface area contributed by atoms with Gasteiger partial charge >= 0.3 is 11.9 Å². The van der Waals surface area contributed by atoms with Crippen LogP contribution in [0.5, 0.6) is 69.0 Å². The lowest BCUT2D eigenvalue weighted by atomic mass is 10.2. The number of benzene rings is 6. The molecule has 0 fully saturated rings. The van der Waals surface area contributed by atoms with Gasteiger partial charge in [0.05, 0.1) is 211 Å². The van der Waals surface area contributed by atoms with Crippen molar-refractivity contribution in [1.29, 1.82) is 0 Å². The fraction of sp³-hybridized carbons (Fsp3) is 0.548. The number of esters is 2. The molecular formula is C84H112O32. The number of carbonyl (C=O) groups is 2. The van der Waals surface area contributed by atoms with Crippen LogP contribution in [-0.2, 0) is 98.5 Å². The van der Waals surface area contributed by atoms with E-state index in [0.717, 1.165) is 0 Å². The first-order chi connectivity index (χ1) is 57.5. The quantitative estimate of drug-likeness (QED) is 0.141. The van der Waals surface area contributed by atoms with Crippen LogP contribution in [0.3, 0.4) is 0 Å². The molecule has 15 rings (SSSR count). The summed E-state index contributed by atoms with van der Waals surface area (Å²) in [7, 11) is 0. The van der Waals surface area contributed by atoms with Crippen molar-refractivity contribution in [3.63, 3.8) is 0 Å². The van der Waals surface area contributed by atoms with Crippen molar-refractivity contribution in [3.8, 4) is 69.0 Å². The average molecular weight is 1630 g/mol. The number of carbonyl (C=O) groups excluding carboxylic acids is 2.